The SMILES string of the molecule is O=C(Nc1ccc2[nH]c(=O)[nH]c2c1)[C@H](Cc1ccccc1)NS(=O)(=O)c1ccc2c(c1)OCCO2. The predicted molar refractivity (Wildman–Crippen MR) is 129 cm³/mol. The zero-order valence-electron chi connectivity index (χ0n) is 18.4. The summed E-state index contributed by atoms with van der Waals surface area (Å²) in [6, 6.07) is 17.2. The first-order valence-corrected chi connectivity index (χ1v) is 12.3. The highest BCUT2D eigenvalue weighted by Gasteiger charge is 2.27. The molecule has 0 fully saturated rings. The van der Waals surface area contributed by atoms with E-state index in [1.165, 1.54) is 18.2 Å². The molecule has 0 radical (unpaired) electrons. The number of aromatic amines is 2. The molecule has 11 heteroatoms. The van der Waals surface area contributed by atoms with E-state index in [-0.39, 0.29) is 17.0 Å². The second-order valence-electron chi connectivity index (χ2n) is 8.00. The van der Waals surface area contributed by atoms with Gasteiger partial charge in [0, 0.05) is 11.8 Å². The maximum Gasteiger partial charge on any atom is 0.323 e. The summed E-state index contributed by atoms with van der Waals surface area (Å²) >= 11 is 0. The third-order valence-electron chi connectivity index (χ3n) is 5.50. The zero-order valence-corrected chi connectivity index (χ0v) is 19.2. The molecule has 180 valence electrons. The Morgan fingerprint density at radius 2 is 1.66 bits per heavy atom. The number of carbonyl (C=O) groups is 1. The third kappa shape index (κ3) is 5.05. The average Bonchev–Trinajstić information content (AvgIpc) is 3.23. The van der Waals surface area contributed by atoms with Crippen LogP contribution in [0.15, 0.2) is 76.4 Å². The van der Waals surface area contributed by atoms with Crippen molar-refractivity contribution in [3.8, 4) is 11.5 Å². The maximum atomic E-state index is 13.2. The fourth-order valence-corrected chi connectivity index (χ4v) is 5.03. The van der Waals surface area contributed by atoms with E-state index in [1.54, 1.807) is 18.2 Å². The molecule has 10 nitrogen and oxygen atoms in total. The summed E-state index contributed by atoms with van der Waals surface area (Å²) in [4.78, 5) is 30.0. The Hall–Kier alpha value is -4.09. The van der Waals surface area contributed by atoms with Crippen molar-refractivity contribution in [2.45, 2.75) is 17.4 Å². The van der Waals surface area contributed by atoms with Gasteiger partial charge in [0.15, 0.2) is 11.5 Å². The summed E-state index contributed by atoms with van der Waals surface area (Å²) in [5.41, 5.74) is 1.94. The van der Waals surface area contributed by atoms with Gasteiger partial charge in [-0.1, -0.05) is 30.3 Å². The molecule has 0 aliphatic carbocycles. The number of benzene rings is 3. The van der Waals surface area contributed by atoms with Crippen molar-refractivity contribution in [2.24, 2.45) is 0 Å². The number of imidazole rings is 1. The van der Waals surface area contributed by atoms with Gasteiger partial charge in [0.2, 0.25) is 15.9 Å². The number of H-pyrrole nitrogens is 2. The summed E-state index contributed by atoms with van der Waals surface area (Å²) < 4.78 is 39.9. The minimum atomic E-state index is -4.08. The molecule has 0 saturated carbocycles. The normalized spacial score (nSPS) is 13.9. The molecule has 0 spiro atoms. The number of sulfonamides is 1. The molecule has 1 amide bonds. The summed E-state index contributed by atoms with van der Waals surface area (Å²) in [6.45, 7) is 0.707. The van der Waals surface area contributed by atoms with Gasteiger partial charge < -0.3 is 24.8 Å². The Labute approximate surface area is 200 Å². The number of hydrogen-bond acceptors (Lipinski definition) is 6. The molecule has 1 atom stereocenters. The van der Waals surface area contributed by atoms with Crippen LogP contribution in [0, 0.1) is 0 Å². The number of rotatable bonds is 7. The fraction of sp³-hybridized carbons (Fsp3) is 0.167. The van der Waals surface area contributed by atoms with Crippen LogP contribution in [-0.2, 0) is 21.2 Å². The number of carbonyl (C=O) groups excluding carboxylic acids is 1. The molecule has 0 bridgehead atoms. The van der Waals surface area contributed by atoms with Crippen LogP contribution in [0.5, 0.6) is 11.5 Å². The van der Waals surface area contributed by atoms with Gasteiger partial charge in [-0.3, -0.25) is 4.79 Å². The molecule has 0 saturated heterocycles. The first kappa shape index (κ1) is 22.7. The van der Waals surface area contributed by atoms with Crippen LogP contribution in [0.1, 0.15) is 5.56 Å². The van der Waals surface area contributed by atoms with Crippen molar-refractivity contribution in [3.63, 3.8) is 0 Å². The second-order valence-corrected chi connectivity index (χ2v) is 9.71. The van der Waals surface area contributed by atoms with E-state index in [9.17, 15) is 18.0 Å². The van der Waals surface area contributed by atoms with Crippen LogP contribution < -0.4 is 25.2 Å². The molecule has 1 aliphatic rings. The van der Waals surface area contributed by atoms with Crippen LogP contribution in [-0.4, -0.2) is 43.5 Å². The first-order chi connectivity index (χ1) is 16.9. The lowest BCUT2D eigenvalue weighted by Crippen LogP contribution is -2.45. The zero-order chi connectivity index (χ0) is 24.4. The summed E-state index contributed by atoms with van der Waals surface area (Å²) in [6.07, 6.45) is 0.125. The molecule has 35 heavy (non-hydrogen) atoms. The van der Waals surface area contributed by atoms with E-state index < -0.39 is 22.0 Å². The standard InChI is InChI=1S/C24H22N4O6S/c29-23(25-16-6-8-18-19(13-16)27-24(30)26-18)20(12-15-4-2-1-3-5-15)28-35(31,32)17-7-9-21-22(14-17)34-11-10-33-21/h1-9,13-14,20,28H,10-12H2,(H,25,29)(H2,26,27,30)/t20-/m0/s1. The van der Waals surface area contributed by atoms with Gasteiger partial charge in [0.25, 0.3) is 0 Å². The van der Waals surface area contributed by atoms with Crippen molar-refractivity contribution < 1.29 is 22.7 Å². The number of aromatic nitrogens is 2. The topological polar surface area (TPSA) is 142 Å². The Balaban J connectivity index is 1.41. The fourth-order valence-electron chi connectivity index (χ4n) is 3.82. The van der Waals surface area contributed by atoms with Crippen LogP contribution in [0.25, 0.3) is 11.0 Å². The average molecular weight is 495 g/mol. The maximum absolute atomic E-state index is 13.2. The highest BCUT2D eigenvalue weighted by molar-refractivity contribution is 7.89. The van der Waals surface area contributed by atoms with Crippen molar-refractivity contribution in [1.82, 2.24) is 14.7 Å². The lowest BCUT2D eigenvalue weighted by atomic mass is 10.1. The highest BCUT2D eigenvalue weighted by atomic mass is 32.2. The number of nitrogens with one attached hydrogen (secondary N) is 4. The van der Waals surface area contributed by atoms with Crippen molar-refractivity contribution in [3.05, 3.63) is 82.8 Å². The van der Waals surface area contributed by atoms with E-state index in [0.29, 0.717) is 41.4 Å². The highest BCUT2D eigenvalue weighted by Crippen LogP contribution is 2.32. The number of ether oxygens (including phenoxy) is 2. The molecular formula is C24H22N4O6S. The molecular weight excluding hydrogens is 472 g/mol. The minimum absolute atomic E-state index is 0.0427. The molecule has 5 rings (SSSR count). The van der Waals surface area contributed by atoms with E-state index in [2.05, 4.69) is 20.0 Å². The molecule has 4 N–H and O–H groups in total. The monoisotopic (exact) mass is 494 g/mol. The Bertz CT molecular complexity index is 1550. The number of anilines is 1. The minimum Gasteiger partial charge on any atom is -0.486 e. The smallest absolute Gasteiger partial charge is 0.323 e. The summed E-state index contributed by atoms with van der Waals surface area (Å²) in [7, 11) is -4.08. The van der Waals surface area contributed by atoms with Gasteiger partial charge in [0.05, 0.1) is 15.9 Å². The van der Waals surface area contributed by atoms with Gasteiger partial charge in [-0.15, -0.1) is 0 Å². The van der Waals surface area contributed by atoms with Gasteiger partial charge in [-0.2, -0.15) is 4.72 Å². The quantitative estimate of drug-likeness (QED) is 0.310. The van der Waals surface area contributed by atoms with Crippen molar-refractivity contribution in [1.29, 1.82) is 0 Å². The van der Waals surface area contributed by atoms with E-state index in [1.807, 2.05) is 30.3 Å². The predicted octanol–water partition coefficient (Wildman–Crippen LogP) is 2.16. The first-order valence-electron chi connectivity index (χ1n) is 10.9. The van der Waals surface area contributed by atoms with Gasteiger partial charge in [0.1, 0.15) is 19.3 Å². The van der Waals surface area contributed by atoms with Crippen LogP contribution >= 0.6 is 0 Å². The Morgan fingerprint density at radius 1 is 0.914 bits per heavy atom. The number of hydrogen-bond donors (Lipinski definition) is 4. The van der Waals surface area contributed by atoms with Crippen molar-refractivity contribution >= 4 is 32.7 Å². The Kier molecular flexibility index (Phi) is 6.01. The van der Waals surface area contributed by atoms with Gasteiger partial charge in [-0.05, 0) is 42.3 Å². The third-order valence-corrected chi connectivity index (χ3v) is 6.97. The van der Waals surface area contributed by atoms with Crippen LogP contribution in [0.3, 0.4) is 0 Å². The van der Waals surface area contributed by atoms with Crippen LogP contribution in [0.2, 0.25) is 0 Å². The lowest BCUT2D eigenvalue weighted by Gasteiger charge is -2.21. The number of fused-ring (bicyclic) bond motifs is 2. The molecule has 2 heterocycles. The Morgan fingerprint density at radius 3 is 2.46 bits per heavy atom. The number of amides is 1. The lowest BCUT2D eigenvalue weighted by molar-refractivity contribution is -0.117. The van der Waals surface area contributed by atoms with Crippen molar-refractivity contribution in [2.75, 3.05) is 18.5 Å². The summed E-state index contributed by atoms with van der Waals surface area (Å²) in [5, 5.41) is 2.74. The largest absolute Gasteiger partial charge is 0.486 e. The second kappa shape index (κ2) is 9.28. The van der Waals surface area contributed by atoms with Gasteiger partial charge in [-0.25, -0.2) is 13.2 Å². The summed E-state index contributed by atoms with van der Waals surface area (Å²) in [5.74, 6) is 0.246. The molecule has 0 unspecified atom stereocenters. The molecule has 1 aliphatic heterocycles. The van der Waals surface area contributed by atoms with Gasteiger partial charge >= 0.3 is 5.69 Å². The van der Waals surface area contributed by atoms with E-state index in [0.717, 1.165) is 5.56 Å². The molecule has 4 aromatic rings. The van der Waals surface area contributed by atoms with E-state index in [4.69, 9.17) is 9.47 Å². The van der Waals surface area contributed by atoms with Crippen LogP contribution in [0.4, 0.5) is 5.69 Å². The molecule has 1 aromatic heterocycles. The molecule has 3 aromatic carbocycles. The van der Waals surface area contributed by atoms with E-state index >= 15 is 0 Å².